The van der Waals surface area contributed by atoms with Gasteiger partial charge < -0.3 is 5.32 Å². The third-order valence-electron chi connectivity index (χ3n) is 3.17. The van der Waals surface area contributed by atoms with Crippen LogP contribution in [0.5, 0.6) is 0 Å². The van der Waals surface area contributed by atoms with Crippen molar-refractivity contribution in [2.24, 2.45) is 0 Å². The van der Waals surface area contributed by atoms with Crippen LogP contribution in [0.15, 0.2) is 60.9 Å². The fourth-order valence-corrected chi connectivity index (χ4v) is 2.11. The standard InChI is InChI=1S/C17H13F2N3/c18-14-3-1-2-12(8-14)11-22-15-5-7-20-16(10-15)13-4-6-21-17(19)9-13/h1-10H,11H2,(H,20,22). The van der Waals surface area contributed by atoms with Gasteiger partial charge in [0.25, 0.3) is 0 Å². The normalized spacial score (nSPS) is 10.5. The van der Waals surface area contributed by atoms with Gasteiger partial charge in [0.1, 0.15) is 5.82 Å². The molecular formula is C17H13F2N3. The maximum atomic E-state index is 13.2. The first-order chi connectivity index (χ1) is 10.7. The number of nitrogens with zero attached hydrogens (tertiary/aromatic N) is 2. The number of halogens is 2. The second-order valence-corrected chi connectivity index (χ2v) is 4.78. The predicted octanol–water partition coefficient (Wildman–Crippen LogP) is 4.03. The summed E-state index contributed by atoms with van der Waals surface area (Å²) in [5.74, 6) is -0.806. The van der Waals surface area contributed by atoms with Crippen LogP contribution in [0.3, 0.4) is 0 Å². The average molecular weight is 297 g/mol. The first-order valence-corrected chi connectivity index (χ1v) is 6.77. The molecule has 0 saturated carbocycles. The van der Waals surface area contributed by atoms with E-state index in [1.54, 1.807) is 24.4 Å². The Labute approximate surface area is 126 Å². The lowest BCUT2D eigenvalue weighted by molar-refractivity contribution is 0.584. The van der Waals surface area contributed by atoms with Crippen molar-refractivity contribution in [3.63, 3.8) is 0 Å². The van der Waals surface area contributed by atoms with E-state index < -0.39 is 5.95 Å². The van der Waals surface area contributed by atoms with Crippen LogP contribution in [0.2, 0.25) is 0 Å². The Bertz CT molecular complexity index is 790. The maximum absolute atomic E-state index is 13.2. The summed E-state index contributed by atoms with van der Waals surface area (Å²) in [7, 11) is 0. The maximum Gasteiger partial charge on any atom is 0.213 e. The number of aromatic nitrogens is 2. The lowest BCUT2D eigenvalue weighted by atomic mass is 10.1. The van der Waals surface area contributed by atoms with Gasteiger partial charge in [-0.3, -0.25) is 4.98 Å². The van der Waals surface area contributed by atoms with Crippen LogP contribution < -0.4 is 5.32 Å². The highest BCUT2D eigenvalue weighted by molar-refractivity contribution is 5.63. The number of benzene rings is 1. The molecule has 1 N–H and O–H groups in total. The minimum Gasteiger partial charge on any atom is -0.381 e. The van der Waals surface area contributed by atoms with E-state index in [-0.39, 0.29) is 5.82 Å². The van der Waals surface area contributed by atoms with E-state index in [9.17, 15) is 8.78 Å². The number of pyridine rings is 2. The minimum absolute atomic E-state index is 0.262. The Hall–Kier alpha value is -2.82. The molecule has 0 spiro atoms. The molecule has 5 heteroatoms. The van der Waals surface area contributed by atoms with Crippen molar-refractivity contribution < 1.29 is 8.78 Å². The average Bonchev–Trinajstić information content (AvgIpc) is 2.53. The topological polar surface area (TPSA) is 37.8 Å². The van der Waals surface area contributed by atoms with Gasteiger partial charge in [-0.25, -0.2) is 9.37 Å². The lowest BCUT2D eigenvalue weighted by Crippen LogP contribution is -2.00. The first-order valence-electron chi connectivity index (χ1n) is 6.77. The SMILES string of the molecule is Fc1cccc(CNc2ccnc(-c3ccnc(F)c3)c2)c1. The quantitative estimate of drug-likeness (QED) is 0.739. The summed E-state index contributed by atoms with van der Waals surface area (Å²) in [6, 6.07) is 13.1. The third kappa shape index (κ3) is 3.44. The molecule has 0 bridgehead atoms. The second kappa shape index (κ2) is 6.30. The molecule has 0 radical (unpaired) electrons. The van der Waals surface area contributed by atoms with Gasteiger partial charge in [0.05, 0.1) is 5.69 Å². The van der Waals surface area contributed by atoms with E-state index in [1.807, 2.05) is 12.1 Å². The van der Waals surface area contributed by atoms with Gasteiger partial charge in [-0.2, -0.15) is 4.39 Å². The van der Waals surface area contributed by atoms with E-state index in [4.69, 9.17) is 0 Å². The van der Waals surface area contributed by atoms with E-state index in [2.05, 4.69) is 15.3 Å². The van der Waals surface area contributed by atoms with Crippen molar-refractivity contribution in [3.8, 4) is 11.3 Å². The third-order valence-corrected chi connectivity index (χ3v) is 3.17. The molecule has 0 atom stereocenters. The van der Waals surface area contributed by atoms with Crippen molar-refractivity contribution in [1.29, 1.82) is 0 Å². The van der Waals surface area contributed by atoms with Crippen LogP contribution in [0, 0.1) is 11.8 Å². The summed E-state index contributed by atoms with van der Waals surface area (Å²) in [6.07, 6.45) is 3.04. The Morgan fingerprint density at radius 3 is 2.59 bits per heavy atom. The first kappa shape index (κ1) is 14.1. The molecule has 0 saturated heterocycles. The number of rotatable bonds is 4. The number of hydrogen-bond acceptors (Lipinski definition) is 3. The summed E-state index contributed by atoms with van der Waals surface area (Å²) >= 11 is 0. The molecule has 2 heterocycles. The van der Waals surface area contributed by atoms with Gasteiger partial charge in [-0.05, 0) is 35.9 Å². The molecule has 3 rings (SSSR count). The molecule has 3 nitrogen and oxygen atoms in total. The smallest absolute Gasteiger partial charge is 0.213 e. The molecule has 2 aromatic heterocycles. The molecule has 0 fully saturated rings. The van der Waals surface area contributed by atoms with Crippen LogP contribution in [0.4, 0.5) is 14.5 Å². The zero-order valence-corrected chi connectivity index (χ0v) is 11.6. The van der Waals surface area contributed by atoms with E-state index in [1.165, 1.54) is 24.4 Å². The predicted molar refractivity (Wildman–Crippen MR) is 81.2 cm³/mol. The molecule has 0 amide bonds. The number of anilines is 1. The summed E-state index contributed by atoms with van der Waals surface area (Å²) in [6.45, 7) is 0.492. The summed E-state index contributed by atoms with van der Waals surface area (Å²) in [4.78, 5) is 7.75. The van der Waals surface area contributed by atoms with Crippen molar-refractivity contribution in [2.45, 2.75) is 6.54 Å². The van der Waals surface area contributed by atoms with Gasteiger partial charge in [0.2, 0.25) is 5.95 Å². The molecule has 0 aliphatic carbocycles. The largest absolute Gasteiger partial charge is 0.381 e. The fraction of sp³-hybridized carbons (Fsp3) is 0.0588. The number of nitrogens with one attached hydrogen (secondary N) is 1. The number of hydrogen-bond donors (Lipinski definition) is 1. The summed E-state index contributed by atoms with van der Waals surface area (Å²) < 4.78 is 26.3. The van der Waals surface area contributed by atoms with E-state index in [0.29, 0.717) is 17.8 Å². The van der Waals surface area contributed by atoms with Gasteiger partial charge in [-0.1, -0.05) is 12.1 Å². The minimum atomic E-state index is -0.544. The Morgan fingerprint density at radius 1 is 0.909 bits per heavy atom. The summed E-state index contributed by atoms with van der Waals surface area (Å²) in [5.41, 5.74) is 2.97. The Kier molecular flexibility index (Phi) is 4.05. The van der Waals surface area contributed by atoms with Crippen LogP contribution in [-0.2, 0) is 6.54 Å². The molecular weight excluding hydrogens is 284 g/mol. The lowest BCUT2D eigenvalue weighted by Gasteiger charge is -2.08. The Balaban J connectivity index is 1.77. The van der Waals surface area contributed by atoms with Crippen molar-refractivity contribution in [3.05, 3.63) is 78.3 Å². The van der Waals surface area contributed by atoms with Crippen LogP contribution in [-0.4, -0.2) is 9.97 Å². The monoisotopic (exact) mass is 297 g/mol. The second-order valence-electron chi connectivity index (χ2n) is 4.78. The molecule has 0 aliphatic heterocycles. The molecule has 3 aromatic rings. The van der Waals surface area contributed by atoms with Crippen molar-refractivity contribution in [1.82, 2.24) is 9.97 Å². The highest BCUT2D eigenvalue weighted by atomic mass is 19.1. The molecule has 0 unspecified atom stereocenters. The molecule has 0 aliphatic rings. The molecule has 1 aromatic carbocycles. The molecule has 110 valence electrons. The van der Waals surface area contributed by atoms with Gasteiger partial charge in [0.15, 0.2) is 0 Å². The van der Waals surface area contributed by atoms with Gasteiger partial charge in [-0.15, -0.1) is 0 Å². The van der Waals surface area contributed by atoms with E-state index in [0.717, 1.165) is 11.3 Å². The van der Waals surface area contributed by atoms with Crippen LogP contribution in [0.25, 0.3) is 11.3 Å². The Morgan fingerprint density at radius 2 is 1.77 bits per heavy atom. The van der Waals surface area contributed by atoms with Crippen LogP contribution in [0.1, 0.15) is 5.56 Å². The highest BCUT2D eigenvalue weighted by Gasteiger charge is 2.03. The van der Waals surface area contributed by atoms with Gasteiger partial charge >= 0.3 is 0 Å². The van der Waals surface area contributed by atoms with Gasteiger partial charge in [0, 0.05) is 36.3 Å². The highest BCUT2D eigenvalue weighted by Crippen LogP contribution is 2.20. The van der Waals surface area contributed by atoms with Crippen LogP contribution >= 0.6 is 0 Å². The zero-order chi connectivity index (χ0) is 15.4. The zero-order valence-electron chi connectivity index (χ0n) is 11.6. The molecule has 22 heavy (non-hydrogen) atoms. The summed E-state index contributed by atoms with van der Waals surface area (Å²) in [5, 5.41) is 3.20. The van der Waals surface area contributed by atoms with Crippen molar-refractivity contribution >= 4 is 5.69 Å². The van der Waals surface area contributed by atoms with Crippen molar-refractivity contribution in [2.75, 3.05) is 5.32 Å². The van der Waals surface area contributed by atoms with E-state index >= 15 is 0 Å². The fourth-order valence-electron chi connectivity index (χ4n) is 2.11.